The van der Waals surface area contributed by atoms with Crippen molar-refractivity contribution in [2.45, 2.75) is 39.5 Å². The van der Waals surface area contributed by atoms with Crippen molar-refractivity contribution in [2.24, 2.45) is 0 Å². The van der Waals surface area contributed by atoms with Crippen LogP contribution < -0.4 is 0 Å². The molecular weight excluding hydrogens is 186 g/mol. The van der Waals surface area contributed by atoms with Crippen LogP contribution in [0.25, 0.3) is 5.65 Å². The van der Waals surface area contributed by atoms with Gasteiger partial charge in [0.2, 0.25) is 0 Å². The molecule has 0 aliphatic rings. The van der Waals surface area contributed by atoms with Gasteiger partial charge >= 0.3 is 0 Å². The molecule has 2 aromatic rings. The summed E-state index contributed by atoms with van der Waals surface area (Å²) < 4.78 is 2.07. The Morgan fingerprint density at radius 2 is 1.80 bits per heavy atom. The molecule has 15 heavy (non-hydrogen) atoms. The lowest BCUT2D eigenvalue weighted by Gasteiger charge is -2.13. The fourth-order valence-electron chi connectivity index (χ4n) is 1.75. The van der Waals surface area contributed by atoms with E-state index in [2.05, 4.69) is 54.4 Å². The van der Waals surface area contributed by atoms with Crippen LogP contribution in [0, 0.1) is 0 Å². The monoisotopic (exact) mass is 203 g/mol. The molecule has 0 N–H and O–H groups in total. The average Bonchev–Trinajstić information content (AvgIpc) is 2.62. The molecule has 0 aliphatic heterocycles. The molecule has 0 unspecified atom stereocenters. The largest absolute Gasteiger partial charge is 0.286 e. The van der Waals surface area contributed by atoms with Gasteiger partial charge in [0.1, 0.15) is 6.33 Å². The summed E-state index contributed by atoms with van der Waals surface area (Å²) >= 11 is 0. The van der Waals surface area contributed by atoms with E-state index in [0.717, 1.165) is 5.65 Å². The van der Waals surface area contributed by atoms with Gasteiger partial charge in [-0.3, -0.25) is 4.40 Å². The molecule has 0 spiro atoms. The average molecular weight is 203 g/mol. The highest BCUT2D eigenvalue weighted by Crippen LogP contribution is 2.22. The molecule has 0 aromatic carbocycles. The first kappa shape index (κ1) is 10.1. The molecule has 0 saturated heterocycles. The summed E-state index contributed by atoms with van der Waals surface area (Å²) in [4.78, 5) is 0. The van der Waals surface area contributed by atoms with E-state index in [0.29, 0.717) is 11.8 Å². The molecule has 0 saturated carbocycles. The topological polar surface area (TPSA) is 30.2 Å². The van der Waals surface area contributed by atoms with Crippen LogP contribution in [0.5, 0.6) is 0 Å². The normalized spacial score (nSPS) is 11.9. The minimum atomic E-state index is 0.488. The summed E-state index contributed by atoms with van der Waals surface area (Å²) in [6.45, 7) is 8.79. The smallest absolute Gasteiger partial charge is 0.161 e. The summed E-state index contributed by atoms with van der Waals surface area (Å²) in [5, 5.41) is 8.08. The first-order chi connectivity index (χ1) is 7.09. The lowest BCUT2D eigenvalue weighted by atomic mass is 10.00. The van der Waals surface area contributed by atoms with Crippen LogP contribution >= 0.6 is 0 Å². The molecule has 0 aliphatic carbocycles. The molecule has 2 aromatic heterocycles. The van der Waals surface area contributed by atoms with Gasteiger partial charge < -0.3 is 0 Å². The van der Waals surface area contributed by atoms with Crippen LogP contribution in [0.15, 0.2) is 18.5 Å². The highest BCUT2D eigenvalue weighted by Gasteiger charge is 2.10. The van der Waals surface area contributed by atoms with Gasteiger partial charge in [0.25, 0.3) is 0 Å². The van der Waals surface area contributed by atoms with Gasteiger partial charge in [-0.2, -0.15) is 0 Å². The van der Waals surface area contributed by atoms with Crippen molar-refractivity contribution in [1.29, 1.82) is 0 Å². The van der Waals surface area contributed by atoms with E-state index < -0.39 is 0 Å². The number of aromatic nitrogens is 3. The minimum Gasteiger partial charge on any atom is -0.286 e. The Morgan fingerprint density at radius 3 is 2.40 bits per heavy atom. The third-order valence-corrected chi connectivity index (χ3v) is 2.72. The lowest BCUT2D eigenvalue weighted by molar-refractivity contribution is 0.782. The molecule has 0 fully saturated rings. The van der Waals surface area contributed by atoms with Crippen molar-refractivity contribution in [3.8, 4) is 0 Å². The highest BCUT2D eigenvalue weighted by atomic mass is 15.2. The first-order valence-corrected chi connectivity index (χ1v) is 5.43. The summed E-state index contributed by atoms with van der Waals surface area (Å²) in [5.74, 6) is 1.02. The maximum atomic E-state index is 4.12. The van der Waals surface area contributed by atoms with Crippen LogP contribution in [0.3, 0.4) is 0 Å². The number of pyridine rings is 1. The lowest BCUT2D eigenvalue weighted by Crippen LogP contribution is -2.01. The van der Waals surface area contributed by atoms with E-state index in [1.54, 1.807) is 6.33 Å². The summed E-state index contributed by atoms with van der Waals surface area (Å²) in [6, 6.07) is 4.37. The Kier molecular flexibility index (Phi) is 2.47. The zero-order valence-electron chi connectivity index (χ0n) is 9.73. The molecule has 80 valence electrons. The van der Waals surface area contributed by atoms with Gasteiger partial charge in [-0.15, -0.1) is 10.2 Å². The van der Waals surface area contributed by atoms with Crippen LogP contribution in [0.4, 0.5) is 0 Å². The van der Waals surface area contributed by atoms with Gasteiger partial charge in [0, 0.05) is 5.69 Å². The van der Waals surface area contributed by atoms with Crippen molar-refractivity contribution < 1.29 is 0 Å². The SMILES string of the molecule is CC(C)c1cc(C(C)C)n2cnnc2c1. The van der Waals surface area contributed by atoms with Gasteiger partial charge in [-0.25, -0.2) is 0 Å². The molecule has 0 radical (unpaired) electrons. The molecule has 3 nitrogen and oxygen atoms in total. The fraction of sp³-hybridized carbons (Fsp3) is 0.500. The van der Waals surface area contributed by atoms with E-state index >= 15 is 0 Å². The third kappa shape index (κ3) is 1.74. The Labute approximate surface area is 90.1 Å². The minimum absolute atomic E-state index is 0.488. The van der Waals surface area contributed by atoms with E-state index in [4.69, 9.17) is 0 Å². The van der Waals surface area contributed by atoms with Crippen LogP contribution in [-0.4, -0.2) is 14.6 Å². The van der Waals surface area contributed by atoms with E-state index in [9.17, 15) is 0 Å². The fourth-order valence-corrected chi connectivity index (χ4v) is 1.75. The van der Waals surface area contributed by atoms with Crippen molar-refractivity contribution in [3.63, 3.8) is 0 Å². The molecule has 0 atom stereocenters. The van der Waals surface area contributed by atoms with Gasteiger partial charge in [0.05, 0.1) is 0 Å². The zero-order valence-corrected chi connectivity index (χ0v) is 9.73. The second-order valence-electron chi connectivity index (χ2n) is 4.58. The maximum absolute atomic E-state index is 4.12. The zero-order chi connectivity index (χ0) is 11.0. The first-order valence-electron chi connectivity index (χ1n) is 5.43. The van der Waals surface area contributed by atoms with Crippen molar-refractivity contribution in [3.05, 3.63) is 29.7 Å². The number of hydrogen-bond acceptors (Lipinski definition) is 2. The molecule has 2 heterocycles. The second kappa shape index (κ2) is 3.65. The van der Waals surface area contributed by atoms with Gasteiger partial charge in [-0.05, 0) is 29.5 Å². The quantitative estimate of drug-likeness (QED) is 0.751. The summed E-state index contributed by atoms with van der Waals surface area (Å²) in [7, 11) is 0. The molecule has 2 rings (SSSR count). The van der Waals surface area contributed by atoms with E-state index in [-0.39, 0.29) is 0 Å². The molecule has 3 heteroatoms. The van der Waals surface area contributed by atoms with Crippen LogP contribution in [0.2, 0.25) is 0 Å². The number of nitrogens with zero attached hydrogens (tertiary/aromatic N) is 3. The Balaban J connectivity index is 2.69. The van der Waals surface area contributed by atoms with Gasteiger partial charge in [0.15, 0.2) is 5.65 Å². The number of hydrogen-bond donors (Lipinski definition) is 0. The third-order valence-electron chi connectivity index (χ3n) is 2.72. The summed E-state index contributed by atoms with van der Waals surface area (Å²) in [5.41, 5.74) is 3.56. The van der Waals surface area contributed by atoms with Crippen LogP contribution in [0.1, 0.15) is 50.8 Å². The van der Waals surface area contributed by atoms with Crippen molar-refractivity contribution >= 4 is 5.65 Å². The number of fused-ring (bicyclic) bond motifs is 1. The highest BCUT2D eigenvalue weighted by molar-refractivity contribution is 5.44. The number of rotatable bonds is 2. The maximum Gasteiger partial charge on any atom is 0.161 e. The Hall–Kier alpha value is -1.38. The molecule has 0 bridgehead atoms. The second-order valence-corrected chi connectivity index (χ2v) is 4.58. The Morgan fingerprint density at radius 1 is 1.07 bits per heavy atom. The van der Waals surface area contributed by atoms with Crippen LogP contribution in [-0.2, 0) is 0 Å². The molecule has 0 amide bonds. The van der Waals surface area contributed by atoms with Gasteiger partial charge in [-0.1, -0.05) is 27.7 Å². The summed E-state index contributed by atoms with van der Waals surface area (Å²) in [6.07, 6.45) is 1.79. The van der Waals surface area contributed by atoms with Crippen molar-refractivity contribution in [2.75, 3.05) is 0 Å². The predicted octanol–water partition coefficient (Wildman–Crippen LogP) is 2.98. The predicted molar refractivity (Wildman–Crippen MR) is 61.2 cm³/mol. The standard InChI is InChI=1S/C12H17N3/c1-8(2)10-5-11(9(3)4)15-7-13-14-12(15)6-10/h5-9H,1-4H3. The van der Waals surface area contributed by atoms with E-state index in [1.807, 2.05) is 0 Å². The van der Waals surface area contributed by atoms with Crippen molar-refractivity contribution in [1.82, 2.24) is 14.6 Å². The van der Waals surface area contributed by atoms with E-state index in [1.165, 1.54) is 11.3 Å². The molecular formula is C12H17N3. The Bertz CT molecular complexity index is 469.